The van der Waals surface area contributed by atoms with Gasteiger partial charge in [-0.25, -0.2) is 0 Å². The fourth-order valence-corrected chi connectivity index (χ4v) is 5.34. The molecule has 208 valence electrons. The third-order valence-electron chi connectivity index (χ3n) is 7.34. The van der Waals surface area contributed by atoms with E-state index < -0.39 is 17.6 Å². The van der Waals surface area contributed by atoms with E-state index in [2.05, 4.69) is 15.1 Å². The van der Waals surface area contributed by atoms with E-state index >= 15 is 0 Å². The van der Waals surface area contributed by atoms with Crippen LogP contribution >= 0.6 is 0 Å². The highest BCUT2D eigenvalue weighted by Crippen LogP contribution is 2.40. The fourth-order valence-electron chi connectivity index (χ4n) is 5.34. The molecule has 5 rings (SSSR count). The number of aromatic nitrogens is 3. The number of fused-ring (bicyclic) bond motifs is 1. The molecule has 4 heterocycles. The number of benzene rings is 1. The minimum atomic E-state index is -4.65. The van der Waals surface area contributed by atoms with Gasteiger partial charge in [-0.05, 0) is 42.6 Å². The summed E-state index contributed by atoms with van der Waals surface area (Å²) >= 11 is 0. The molecule has 2 aliphatic rings. The van der Waals surface area contributed by atoms with E-state index in [1.807, 2.05) is 50.5 Å². The summed E-state index contributed by atoms with van der Waals surface area (Å²) in [5.74, 6) is 0.596. The largest absolute Gasteiger partial charge is 0.418 e. The Labute approximate surface area is 225 Å². The number of alkyl halides is 3. The molecule has 2 aliphatic heterocycles. The van der Waals surface area contributed by atoms with Gasteiger partial charge in [-0.15, -0.1) is 0 Å². The van der Waals surface area contributed by atoms with Gasteiger partial charge in [-0.1, -0.05) is 38.5 Å². The van der Waals surface area contributed by atoms with Crippen molar-refractivity contribution in [3.05, 3.63) is 64.3 Å². The van der Waals surface area contributed by atoms with Crippen molar-refractivity contribution in [3.8, 4) is 0 Å². The molecule has 1 atom stereocenters. The molecular formula is C28H33F3N6O2. The molecular weight excluding hydrogens is 509 g/mol. The van der Waals surface area contributed by atoms with E-state index in [1.54, 1.807) is 12.1 Å². The highest BCUT2D eigenvalue weighted by molar-refractivity contribution is 6.08. The van der Waals surface area contributed by atoms with Gasteiger partial charge in [0.15, 0.2) is 0 Å². The number of pyridine rings is 1. The molecule has 8 nitrogen and oxygen atoms in total. The van der Waals surface area contributed by atoms with Crippen LogP contribution in [0.15, 0.2) is 35.1 Å². The van der Waals surface area contributed by atoms with Gasteiger partial charge in [-0.3, -0.25) is 14.7 Å². The summed E-state index contributed by atoms with van der Waals surface area (Å²) in [5.41, 5.74) is 1.09. The van der Waals surface area contributed by atoms with Crippen molar-refractivity contribution in [2.24, 2.45) is 0 Å². The highest BCUT2D eigenvalue weighted by Gasteiger charge is 2.41. The molecule has 3 aromatic rings. The fraction of sp³-hybridized carbons (Fsp3) is 0.500. The molecule has 0 radical (unpaired) electrons. The van der Waals surface area contributed by atoms with Crippen LogP contribution in [0.1, 0.15) is 66.2 Å². The average molecular weight is 543 g/mol. The number of carbonyl (C=O) groups is 1. The second-order valence-corrected chi connectivity index (χ2v) is 11.5. The molecule has 0 bridgehead atoms. The van der Waals surface area contributed by atoms with Crippen molar-refractivity contribution in [2.75, 3.05) is 36.0 Å². The van der Waals surface area contributed by atoms with Crippen LogP contribution in [-0.4, -0.2) is 58.2 Å². The van der Waals surface area contributed by atoms with E-state index in [0.717, 1.165) is 17.3 Å². The van der Waals surface area contributed by atoms with Gasteiger partial charge >= 0.3 is 6.18 Å². The number of hydrogen-bond donors (Lipinski definition) is 0. The summed E-state index contributed by atoms with van der Waals surface area (Å²) in [6, 6.07) is 5.37. The number of amides is 1. The van der Waals surface area contributed by atoms with Crippen LogP contribution in [0.2, 0.25) is 0 Å². The van der Waals surface area contributed by atoms with Crippen LogP contribution in [0.25, 0.3) is 0 Å². The first-order valence-corrected chi connectivity index (χ1v) is 13.1. The number of carbonyl (C=O) groups excluding carboxylic acids is 1. The summed E-state index contributed by atoms with van der Waals surface area (Å²) in [6.45, 7) is 11.7. The van der Waals surface area contributed by atoms with Crippen LogP contribution in [0.3, 0.4) is 0 Å². The van der Waals surface area contributed by atoms with Crippen LogP contribution in [0.4, 0.5) is 24.8 Å². The quantitative estimate of drug-likeness (QED) is 0.459. The maximum absolute atomic E-state index is 14.5. The van der Waals surface area contributed by atoms with Crippen molar-refractivity contribution in [2.45, 2.75) is 65.2 Å². The van der Waals surface area contributed by atoms with E-state index in [9.17, 15) is 18.0 Å². The van der Waals surface area contributed by atoms with Gasteiger partial charge in [-0.2, -0.15) is 18.2 Å². The number of halogens is 3. The smallest absolute Gasteiger partial charge is 0.337 e. The minimum Gasteiger partial charge on any atom is -0.337 e. The zero-order valence-corrected chi connectivity index (χ0v) is 22.8. The summed E-state index contributed by atoms with van der Waals surface area (Å²) in [7, 11) is 0. The number of rotatable bonds is 4. The number of aryl methyl sites for hydroxylation is 1. The Hall–Kier alpha value is -3.47. The van der Waals surface area contributed by atoms with Crippen molar-refractivity contribution >= 4 is 17.5 Å². The Morgan fingerprint density at radius 1 is 1.10 bits per heavy atom. The third kappa shape index (κ3) is 5.36. The number of anilines is 2. The molecule has 0 saturated carbocycles. The van der Waals surface area contributed by atoms with Crippen molar-refractivity contribution in [3.63, 3.8) is 0 Å². The first-order valence-electron chi connectivity index (χ1n) is 13.1. The monoisotopic (exact) mass is 542 g/mol. The van der Waals surface area contributed by atoms with E-state index in [4.69, 9.17) is 4.52 Å². The van der Waals surface area contributed by atoms with Crippen molar-refractivity contribution in [1.29, 1.82) is 0 Å². The first kappa shape index (κ1) is 27.1. The van der Waals surface area contributed by atoms with Gasteiger partial charge < -0.3 is 14.3 Å². The van der Waals surface area contributed by atoms with E-state index in [0.29, 0.717) is 43.5 Å². The lowest BCUT2D eigenvalue weighted by atomic mass is 9.95. The zero-order valence-electron chi connectivity index (χ0n) is 22.8. The lowest BCUT2D eigenvalue weighted by Crippen LogP contribution is -2.52. The Kier molecular flexibility index (Phi) is 6.90. The molecule has 11 heteroatoms. The lowest BCUT2D eigenvalue weighted by molar-refractivity contribution is -0.138. The summed E-state index contributed by atoms with van der Waals surface area (Å²) < 4.78 is 49.0. The second-order valence-electron chi connectivity index (χ2n) is 11.5. The Morgan fingerprint density at radius 3 is 2.54 bits per heavy atom. The number of nitrogens with zero attached hydrogens (tertiary/aromatic N) is 6. The van der Waals surface area contributed by atoms with Crippen molar-refractivity contribution in [1.82, 2.24) is 20.0 Å². The van der Waals surface area contributed by atoms with Gasteiger partial charge in [0.05, 0.1) is 17.4 Å². The average Bonchev–Trinajstić information content (AvgIpc) is 3.34. The first-order chi connectivity index (χ1) is 18.3. The van der Waals surface area contributed by atoms with Crippen LogP contribution in [0, 0.1) is 6.92 Å². The number of piperazine rings is 1. The Morgan fingerprint density at radius 2 is 1.87 bits per heavy atom. The van der Waals surface area contributed by atoms with Gasteiger partial charge in [0.1, 0.15) is 0 Å². The zero-order chi connectivity index (χ0) is 28.1. The standard InChI is InChI=1S/C28H33F3N6O2/c1-17-6-7-21-19(12-17)8-9-37(24(21)38)22-14-32-13-20(23(22)28(29,30)31)16-35-10-11-36(18(2)15-35)26-33-25(39-34-26)27(3,4)5/h6-7,12-14,18H,8-11,15-16H2,1-5H3. The lowest BCUT2D eigenvalue weighted by Gasteiger charge is -2.39. The third-order valence-corrected chi connectivity index (χ3v) is 7.34. The topological polar surface area (TPSA) is 78.6 Å². The van der Waals surface area contributed by atoms with E-state index in [-0.39, 0.29) is 35.8 Å². The molecule has 0 spiro atoms. The van der Waals surface area contributed by atoms with Gasteiger partial charge in [0.2, 0.25) is 5.89 Å². The Bertz CT molecular complexity index is 1380. The maximum atomic E-state index is 14.5. The predicted octanol–water partition coefficient (Wildman–Crippen LogP) is 5.00. The van der Waals surface area contributed by atoms with Crippen LogP contribution < -0.4 is 9.80 Å². The molecule has 0 aliphatic carbocycles. The normalized spacial score (nSPS) is 19.0. The second kappa shape index (κ2) is 9.93. The molecule has 1 saturated heterocycles. The molecule has 0 N–H and O–H groups in total. The minimum absolute atomic E-state index is 0.0433. The molecule has 1 aromatic carbocycles. The molecule has 39 heavy (non-hydrogen) atoms. The molecule has 1 amide bonds. The summed E-state index contributed by atoms with van der Waals surface area (Å²) in [5, 5.41) is 4.13. The van der Waals surface area contributed by atoms with Crippen LogP contribution in [-0.2, 0) is 24.6 Å². The van der Waals surface area contributed by atoms with Gasteiger partial charge in [0, 0.05) is 55.9 Å². The number of hydrogen-bond acceptors (Lipinski definition) is 7. The van der Waals surface area contributed by atoms with Crippen molar-refractivity contribution < 1.29 is 22.5 Å². The Balaban J connectivity index is 1.38. The van der Waals surface area contributed by atoms with Gasteiger partial charge in [0.25, 0.3) is 11.9 Å². The molecule has 1 fully saturated rings. The maximum Gasteiger partial charge on any atom is 0.418 e. The summed E-state index contributed by atoms with van der Waals surface area (Å²) in [4.78, 5) is 27.2. The highest BCUT2D eigenvalue weighted by atomic mass is 19.4. The predicted molar refractivity (Wildman–Crippen MR) is 141 cm³/mol. The molecule has 2 aromatic heterocycles. The molecule has 1 unspecified atom stereocenters. The van der Waals surface area contributed by atoms with E-state index in [1.165, 1.54) is 11.1 Å². The SMILES string of the molecule is Cc1ccc2c(c1)CCN(c1cncc(CN3CCN(c4noc(C(C)(C)C)n4)C(C)C3)c1C(F)(F)F)C2=O. The summed E-state index contributed by atoms with van der Waals surface area (Å²) in [6.07, 6.45) is -1.74. The van der Waals surface area contributed by atoms with Crippen LogP contribution in [0.5, 0.6) is 0 Å².